The van der Waals surface area contributed by atoms with Gasteiger partial charge >= 0.3 is 5.97 Å². The highest BCUT2D eigenvalue weighted by Crippen LogP contribution is 2.35. The molecule has 2 aromatic heterocycles. The summed E-state index contributed by atoms with van der Waals surface area (Å²) >= 11 is 1.17. The van der Waals surface area contributed by atoms with Gasteiger partial charge in [0.1, 0.15) is 23.4 Å². The number of hydrogen-bond acceptors (Lipinski definition) is 6. The first kappa shape index (κ1) is 22.7. The summed E-state index contributed by atoms with van der Waals surface area (Å²) < 4.78 is 26.9. The van der Waals surface area contributed by atoms with Gasteiger partial charge in [0.15, 0.2) is 4.80 Å². The standard InChI is InChI=1S/C27H21FN2O4S/c1-3-33-26(32)22-23(18-9-5-4-6-10-18)29-27-30(24(22)20-13-12-16(2)34-20)25(31)21(35-27)15-17-8-7-11-19(28)14-17/h4-15,24H,3H2,1-2H3. The SMILES string of the molecule is CCOC(=O)C1=C(c2ccccc2)N=c2sc(=Cc3cccc(F)c3)c(=O)n2C1c1ccc(C)o1. The molecule has 0 N–H and O–H groups in total. The number of aryl methyl sites for hydroxylation is 1. The Labute approximate surface area is 203 Å². The third kappa shape index (κ3) is 4.28. The van der Waals surface area contributed by atoms with Crippen LogP contribution in [0.5, 0.6) is 0 Å². The number of hydrogen-bond donors (Lipinski definition) is 0. The molecule has 5 rings (SSSR count). The smallest absolute Gasteiger partial charge is 0.338 e. The summed E-state index contributed by atoms with van der Waals surface area (Å²) in [5.74, 6) is 0.0932. The Bertz CT molecular complexity index is 1630. The van der Waals surface area contributed by atoms with E-state index in [-0.39, 0.29) is 17.7 Å². The maximum absolute atomic E-state index is 13.7. The zero-order valence-electron chi connectivity index (χ0n) is 19.0. The van der Waals surface area contributed by atoms with E-state index >= 15 is 0 Å². The second-order valence-corrected chi connectivity index (χ2v) is 8.94. The predicted octanol–water partition coefficient (Wildman–Crippen LogP) is 3.98. The lowest BCUT2D eigenvalue weighted by atomic mass is 9.97. The maximum Gasteiger partial charge on any atom is 0.338 e. The Kier molecular flexibility index (Phi) is 6.05. The van der Waals surface area contributed by atoms with E-state index in [9.17, 15) is 14.0 Å². The van der Waals surface area contributed by atoms with Crippen LogP contribution < -0.4 is 14.9 Å². The quantitative estimate of drug-likeness (QED) is 0.399. The highest BCUT2D eigenvalue weighted by Gasteiger charge is 2.36. The summed E-state index contributed by atoms with van der Waals surface area (Å²) in [6.07, 6.45) is 1.62. The van der Waals surface area contributed by atoms with Gasteiger partial charge in [0, 0.05) is 5.56 Å². The normalized spacial score (nSPS) is 15.6. The van der Waals surface area contributed by atoms with E-state index < -0.39 is 17.8 Å². The molecule has 0 radical (unpaired) electrons. The third-order valence-corrected chi connectivity index (χ3v) is 6.53. The van der Waals surface area contributed by atoms with E-state index in [0.29, 0.717) is 37.7 Å². The molecule has 0 amide bonds. The molecule has 0 spiro atoms. The molecule has 0 bridgehead atoms. The predicted molar refractivity (Wildman–Crippen MR) is 131 cm³/mol. The number of carbonyl (C=O) groups excluding carboxylic acids is 1. The van der Waals surface area contributed by atoms with Crippen molar-refractivity contribution in [2.24, 2.45) is 4.99 Å². The minimum Gasteiger partial charge on any atom is -0.464 e. The molecule has 0 fully saturated rings. The van der Waals surface area contributed by atoms with Crippen molar-refractivity contribution >= 4 is 29.1 Å². The number of rotatable bonds is 5. The van der Waals surface area contributed by atoms with E-state index in [2.05, 4.69) is 0 Å². The second-order valence-electron chi connectivity index (χ2n) is 7.93. The van der Waals surface area contributed by atoms with Crippen LogP contribution in [0.25, 0.3) is 11.8 Å². The van der Waals surface area contributed by atoms with Crippen molar-refractivity contribution in [2.45, 2.75) is 19.9 Å². The number of furan rings is 1. The largest absolute Gasteiger partial charge is 0.464 e. The molecule has 1 unspecified atom stereocenters. The van der Waals surface area contributed by atoms with Gasteiger partial charge in [-0.15, -0.1) is 0 Å². The third-order valence-electron chi connectivity index (χ3n) is 5.55. The van der Waals surface area contributed by atoms with E-state index in [4.69, 9.17) is 14.1 Å². The lowest BCUT2D eigenvalue weighted by molar-refractivity contribution is -0.139. The molecule has 1 aliphatic heterocycles. The first-order valence-corrected chi connectivity index (χ1v) is 11.9. The highest BCUT2D eigenvalue weighted by atomic mass is 32.1. The fourth-order valence-electron chi connectivity index (χ4n) is 4.06. The average molecular weight is 489 g/mol. The fourth-order valence-corrected chi connectivity index (χ4v) is 5.06. The molecule has 2 aromatic carbocycles. The summed E-state index contributed by atoms with van der Waals surface area (Å²) in [6, 6.07) is 17.9. The Balaban J connectivity index is 1.83. The molecule has 8 heteroatoms. The zero-order chi connectivity index (χ0) is 24.5. The first-order chi connectivity index (χ1) is 17.0. The van der Waals surface area contributed by atoms with Gasteiger partial charge < -0.3 is 9.15 Å². The number of ether oxygens (including phenoxy) is 1. The maximum atomic E-state index is 13.7. The van der Waals surface area contributed by atoms with E-state index in [0.717, 1.165) is 0 Å². The van der Waals surface area contributed by atoms with E-state index in [1.54, 1.807) is 44.2 Å². The molecule has 4 aromatic rings. The van der Waals surface area contributed by atoms with Crippen LogP contribution in [0, 0.1) is 12.7 Å². The second kappa shape index (κ2) is 9.31. The van der Waals surface area contributed by atoms with E-state index in [1.807, 2.05) is 30.3 Å². The lowest BCUT2D eigenvalue weighted by Gasteiger charge is -2.24. The molecule has 1 aliphatic rings. The molecular weight excluding hydrogens is 467 g/mol. The summed E-state index contributed by atoms with van der Waals surface area (Å²) in [6.45, 7) is 3.68. The number of thiazole rings is 1. The van der Waals surface area contributed by atoms with Crippen LogP contribution in [-0.2, 0) is 9.53 Å². The molecule has 176 valence electrons. The van der Waals surface area contributed by atoms with Crippen molar-refractivity contribution in [2.75, 3.05) is 6.61 Å². The molecule has 1 atom stereocenters. The van der Waals surface area contributed by atoms with Crippen LogP contribution in [0.4, 0.5) is 4.39 Å². The number of fused-ring (bicyclic) bond motifs is 1. The minimum atomic E-state index is -0.871. The lowest BCUT2D eigenvalue weighted by Crippen LogP contribution is -2.39. The number of benzene rings is 2. The Hall–Kier alpha value is -4.04. The minimum absolute atomic E-state index is 0.165. The number of carbonyl (C=O) groups is 1. The number of nitrogens with zero attached hydrogens (tertiary/aromatic N) is 2. The van der Waals surface area contributed by atoms with Crippen LogP contribution in [0.3, 0.4) is 0 Å². The van der Waals surface area contributed by atoms with Gasteiger partial charge in [0.25, 0.3) is 5.56 Å². The van der Waals surface area contributed by atoms with Crippen LogP contribution in [0.2, 0.25) is 0 Å². The number of esters is 1. The summed E-state index contributed by atoms with van der Waals surface area (Å²) in [5.41, 5.74) is 1.55. The topological polar surface area (TPSA) is 73.8 Å². The van der Waals surface area contributed by atoms with Gasteiger partial charge in [0.2, 0.25) is 0 Å². The number of halogens is 1. The Morgan fingerprint density at radius 3 is 2.66 bits per heavy atom. The van der Waals surface area contributed by atoms with Crippen LogP contribution >= 0.6 is 11.3 Å². The van der Waals surface area contributed by atoms with Crippen LogP contribution in [0.15, 0.2) is 86.5 Å². The molecule has 0 saturated heterocycles. The summed E-state index contributed by atoms with van der Waals surface area (Å²) in [7, 11) is 0. The van der Waals surface area contributed by atoms with Crippen molar-refractivity contribution in [3.8, 4) is 0 Å². The zero-order valence-corrected chi connectivity index (χ0v) is 19.8. The first-order valence-electron chi connectivity index (χ1n) is 11.1. The van der Waals surface area contributed by atoms with Gasteiger partial charge in [0.05, 0.1) is 22.4 Å². The van der Waals surface area contributed by atoms with Crippen LogP contribution in [-0.4, -0.2) is 17.1 Å². The molecular formula is C27H21FN2O4S. The fraction of sp³-hybridized carbons (Fsp3) is 0.148. The van der Waals surface area contributed by atoms with Gasteiger partial charge in [-0.1, -0.05) is 53.8 Å². The molecule has 3 heterocycles. The number of aromatic nitrogens is 1. The summed E-state index contributed by atoms with van der Waals surface area (Å²) in [5, 5.41) is 0. The van der Waals surface area contributed by atoms with Crippen molar-refractivity contribution in [1.82, 2.24) is 4.57 Å². The Morgan fingerprint density at radius 2 is 1.97 bits per heavy atom. The van der Waals surface area contributed by atoms with Crippen molar-refractivity contribution in [3.63, 3.8) is 0 Å². The van der Waals surface area contributed by atoms with Crippen molar-refractivity contribution < 1.29 is 18.3 Å². The molecule has 0 saturated carbocycles. The van der Waals surface area contributed by atoms with Gasteiger partial charge in [-0.3, -0.25) is 9.36 Å². The molecule has 0 aliphatic carbocycles. The average Bonchev–Trinajstić information content (AvgIpc) is 3.41. The van der Waals surface area contributed by atoms with Crippen molar-refractivity contribution in [1.29, 1.82) is 0 Å². The van der Waals surface area contributed by atoms with Crippen molar-refractivity contribution in [3.05, 3.63) is 120 Å². The highest BCUT2D eigenvalue weighted by molar-refractivity contribution is 7.07. The van der Waals surface area contributed by atoms with Crippen LogP contribution in [0.1, 0.15) is 35.6 Å². The van der Waals surface area contributed by atoms with Gasteiger partial charge in [-0.2, -0.15) is 0 Å². The van der Waals surface area contributed by atoms with E-state index in [1.165, 1.54) is 28.0 Å². The van der Waals surface area contributed by atoms with Gasteiger partial charge in [-0.05, 0) is 49.8 Å². The monoisotopic (exact) mass is 488 g/mol. The Morgan fingerprint density at radius 1 is 1.17 bits per heavy atom. The van der Waals surface area contributed by atoms with Gasteiger partial charge in [-0.25, -0.2) is 14.2 Å². The summed E-state index contributed by atoms with van der Waals surface area (Å²) in [4.78, 5) is 32.1. The molecule has 6 nitrogen and oxygen atoms in total. The molecule has 35 heavy (non-hydrogen) atoms.